The van der Waals surface area contributed by atoms with Gasteiger partial charge in [0.05, 0.1) is 0 Å². The standard InChI is InChI=1S/C7H16N2.CO/c1-3-9-6-4-8(2)5-7-9;1-2/h3-7H2,1-2H3;. The Morgan fingerprint density at radius 2 is 1.64 bits per heavy atom. The molecule has 1 saturated heterocycles. The van der Waals surface area contributed by atoms with Crippen molar-refractivity contribution in [3.05, 3.63) is 6.65 Å². The summed E-state index contributed by atoms with van der Waals surface area (Å²) in [5.41, 5.74) is 0. The first-order valence-corrected chi connectivity index (χ1v) is 3.94. The van der Waals surface area contributed by atoms with Crippen molar-refractivity contribution in [3.8, 4) is 0 Å². The summed E-state index contributed by atoms with van der Waals surface area (Å²) in [6.45, 7) is 12.9. The Labute approximate surface area is 68.7 Å². The predicted molar refractivity (Wildman–Crippen MR) is 43.5 cm³/mol. The van der Waals surface area contributed by atoms with Crippen molar-refractivity contribution in [1.82, 2.24) is 9.80 Å². The molecule has 1 aliphatic rings. The zero-order valence-electron chi connectivity index (χ0n) is 7.34. The van der Waals surface area contributed by atoms with Crippen LogP contribution in [0.5, 0.6) is 0 Å². The zero-order chi connectivity index (χ0) is 8.69. The molecule has 0 atom stereocenters. The van der Waals surface area contributed by atoms with E-state index in [0.717, 1.165) is 0 Å². The predicted octanol–water partition coefficient (Wildman–Crippen LogP) is 0.216. The average molecular weight is 156 g/mol. The number of nitrogens with zero attached hydrogens (tertiary/aromatic N) is 2. The zero-order valence-corrected chi connectivity index (χ0v) is 7.34. The fourth-order valence-electron chi connectivity index (χ4n) is 1.16. The van der Waals surface area contributed by atoms with Crippen molar-refractivity contribution in [2.75, 3.05) is 39.8 Å². The molecular weight excluding hydrogens is 140 g/mol. The molecule has 0 spiro atoms. The molecule has 64 valence electrons. The molecule has 0 aromatic carbocycles. The van der Waals surface area contributed by atoms with Gasteiger partial charge in [-0.15, -0.1) is 0 Å². The summed E-state index contributed by atoms with van der Waals surface area (Å²) in [5.74, 6) is 0. The van der Waals surface area contributed by atoms with Crippen LogP contribution in [0.25, 0.3) is 0 Å². The van der Waals surface area contributed by atoms with Crippen LogP contribution >= 0.6 is 0 Å². The molecule has 1 fully saturated rings. The Kier molecular flexibility index (Phi) is 6.18. The Morgan fingerprint density at radius 3 is 2.00 bits per heavy atom. The fourth-order valence-corrected chi connectivity index (χ4v) is 1.16. The van der Waals surface area contributed by atoms with Crippen LogP contribution in [0.2, 0.25) is 0 Å². The van der Waals surface area contributed by atoms with E-state index in [4.69, 9.17) is 4.65 Å². The molecule has 1 aliphatic heterocycles. The van der Waals surface area contributed by atoms with E-state index in [1.54, 1.807) is 0 Å². The van der Waals surface area contributed by atoms with Gasteiger partial charge in [-0.3, -0.25) is 0 Å². The molecule has 0 aromatic heterocycles. The van der Waals surface area contributed by atoms with E-state index < -0.39 is 0 Å². The van der Waals surface area contributed by atoms with E-state index in [-0.39, 0.29) is 0 Å². The number of hydrogen-bond acceptors (Lipinski definition) is 2. The molecule has 0 bridgehead atoms. The summed E-state index contributed by atoms with van der Waals surface area (Å²) in [7, 11) is 2.19. The third-order valence-electron chi connectivity index (χ3n) is 2.04. The second-order valence-electron chi connectivity index (χ2n) is 2.74. The summed E-state index contributed by atoms with van der Waals surface area (Å²) in [4.78, 5) is 4.87. The summed E-state index contributed by atoms with van der Waals surface area (Å²) in [5, 5.41) is 0. The third-order valence-corrected chi connectivity index (χ3v) is 2.04. The van der Waals surface area contributed by atoms with Gasteiger partial charge in [0, 0.05) is 26.2 Å². The summed E-state index contributed by atoms with van der Waals surface area (Å²) in [6.07, 6.45) is 0. The molecule has 1 heterocycles. The van der Waals surface area contributed by atoms with Gasteiger partial charge in [0.1, 0.15) is 0 Å². The molecule has 0 aliphatic carbocycles. The number of piperazine rings is 1. The molecule has 11 heavy (non-hydrogen) atoms. The molecule has 0 unspecified atom stereocenters. The first-order chi connectivity index (χ1) is 5.33. The first-order valence-electron chi connectivity index (χ1n) is 3.94. The van der Waals surface area contributed by atoms with Crippen LogP contribution in [0, 0.1) is 6.65 Å². The second-order valence-corrected chi connectivity index (χ2v) is 2.74. The van der Waals surface area contributed by atoms with E-state index in [1.165, 1.54) is 32.7 Å². The van der Waals surface area contributed by atoms with Crippen LogP contribution in [0.3, 0.4) is 0 Å². The van der Waals surface area contributed by atoms with Crippen LogP contribution in [-0.2, 0) is 4.65 Å². The molecule has 0 aromatic rings. The van der Waals surface area contributed by atoms with Crippen molar-refractivity contribution < 1.29 is 4.65 Å². The monoisotopic (exact) mass is 156 g/mol. The van der Waals surface area contributed by atoms with Crippen LogP contribution in [0.4, 0.5) is 0 Å². The average Bonchev–Trinajstić information content (AvgIpc) is 2.10. The maximum absolute atomic E-state index is 7.50. The quantitative estimate of drug-likeness (QED) is 0.401. The van der Waals surface area contributed by atoms with Gasteiger partial charge in [0.2, 0.25) is 0 Å². The third kappa shape index (κ3) is 4.17. The molecular formula is C8H16N2O. The normalized spacial score (nSPS) is 20.4. The van der Waals surface area contributed by atoms with Gasteiger partial charge < -0.3 is 9.80 Å². The van der Waals surface area contributed by atoms with E-state index in [1.807, 2.05) is 0 Å². The van der Waals surface area contributed by atoms with Gasteiger partial charge in [0.25, 0.3) is 0 Å². The maximum atomic E-state index is 7.50. The van der Waals surface area contributed by atoms with Crippen LogP contribution < -0.4 is 0 Å². The van der Waals surface area contributed by atoms with Crippen LogP contribution in [0.15, 0.2) is 0 Å². The molecule has 0 saturated carbocycles. The molecule has 3 heteroatoms. The van der Waals surface area contributed by atoms with E-state index >= 15 is 0 Å². The summed E-state index contributed by atoms with van der Waals surface area (Å²) in [6, 6.07) is 0. The van der Waals surface area contributed by atoms with Crippen molar-refractivity contribution in [3.63, 3.8) is 0 Å². The van der Waals surface area contributed by atoms with Crippen LogP contribution in [-0.4, -0.2) is 49.6 Å². The van der Waals surface area contributed by atoms with Crippen molar-refractivity contribution >= 4 is 0 Å². The molecule has 0 radical (unpaired) electrons. The van der Waals surface area contributed by atoms with Gasteiger partial charge in [-0.05, 0) is 13.6 Å². The van der Waals surface area contributed by atoms with E-state index in [0.29, 0.717) is 0 Å². The van der Waals surface area contributed by atoms with Gasteiger partial charge in [-0.25, -0.2) is 0 Å². The van der Waals surface area contributed by atoms with Crippen molar-refractivity contribution in [2.45, 2.75) is 6.92 Å². The van der Waals surface area contributed by atoms with Crippen molar-refractivity contribution in [1.29, 1.82) is 0 Å². The molecule has 0 N–H and O–H groups in total. The Bertz CT molecular complexity index is 106. The number of hydrogen-bond donors (Lipinski definition) is 0. The molecule has 1 rings (SSSR count). The van der Waals surface area contributed by atoms with Gasteiger partial charge in [0.15, 0.2) is 0 Å². The Balaban J connectivity index is 0.000000461. The second kappa shape index (κ2) is 6.38. The number of rotatable bonds is 1. The van der Waals surface area contributed by atoms with E-state index in [2.05, 4.69) is 30.4 Å². The molecule has 3 nitrogen and oxygen atoms in total. The molecule has 0 amide bonds. The SMILES string of the molecule is CCN1CCN(C)CC1.[C-]#[O+]. The minimum atomic E-state index is 1.22. The summed E-state index contributed by atoms with van der Waals surface area (Å²) >= 11 is 0. The minimum absolute atomic E-state index is 1.22. The van der Waals surface area contributed by atoms with Crippen LogP contribution in [0.1, 0.15) is 6.92 Å². The number of likely N-dealkylation sites (N-methyl/N-ethyl adjacent to an activating group) is 2. The first kappa shape index (κ1) is 10.7. The summed E-state index contributed by atoms with van der Waals surface area (Å²) < 4.78 is 7.50. The van der Waals surface area contributed by atoms with Gasteiger partial charge >= 0.3 is 11.3 Å². The van der Waals surface area contributed by atoms with Crippen molar-refractivity contribution in [2.24, 2.45) is 0 Å². The Hall–Kier alpha value is -0.340. The topological polar surface area (TPSA) is 26.4 Å². The van der Waals surface area contributed by atoms with E-state index in [9.17, 15) is 0 Å². The fraction of sp³-hybridized carbons (Fsp3) is 0.875. The van der Waals surface area contributed by atoms with Gasteiger partial charge in [-0.1, -0.05) is 6.92 Å². The van der Waals surface area contributed by atoms with Gasteiger partial charge in [-0.2, -0.15) is 0 Å². The Morgan fingerprint density at radius 1 is 1.18 bits per heavy atom.